The fourth-order valence-electron chi connectivity index (χ4n) is 2.49. The van der Waals surface area contributed by atoms with Crippen molar-refractivity contribution in [1.29, 1.82) is 0 Å². The zero-order valence-corrected chi connectivity index (χ0v) is 11.1. The first-order valence-corrected chi connectivity index (χ1v) is 7.29. The Morgan fingerprint density at radius 1 is 1.33 bits per heavy atom. The van der Waals surface area contributed by atoms with Gasteiger partial charge < -0.3 is 10.3 Å². The minimum Gasteiger partial charge on any atom is -0.337 e. The topological polar surface area (TPSA) is 64.9 Å². The van der Waals surface area contributed by atoms with E-state index in [4.69, 9.17) is 10.3 Å². The van der Waals surface area contributed by atoms with Crippen molar-refractivity contribution in [2.45, 2.75) is 44.1 Å². The zero-order chi connectivity index (χ0) is 12.4. The smallest absolute Gasteiger partial charge is 0.246 e. The molecule has 0 atom stereocenters. The Balaban J connectivity index is 1.76. The lowest BCUT2D eigenvalue weighted by Crippen LogP contribution is -2.39. The van der Waals surface area contributed by atoms with Crippen LogP contribution < -0.4 is 5.73 Å². The summed E-state index contributed by atoms with van der Waals surface area (Å²) < 4.78 is 5.37. The van der Waals surface area contributed by atoms with Crippen LogP contribution in [0.2, 0.25) is 0 Å². The second-order valence-electron chi connectivity index (χ2n) is 4.99. The van der Waals surface area contributed by atoms with E-state index >= 15 is 0 Å². The van der Waals surface area contributed by atoms with Crippen LogP contribution in [0.4, 0.5) is 0 Å². The maximum atomic E-state index is 6.37. The molecule has 0 radical (unpaired) electrons. The molecule has 0 saturated heterocycles. The monoisotopic (exact) mass is 263 g/mol. The van der Waals surface area contributed by atoms with Crippen LogP contribution >= 0.6 is 11.3 Å². The molecule has 18 heavy (non-hydrogen) atoms. The summed E-state index contributed by atoms with van der Waals surface area (Å²) in [6, 6.07) is 4.12. The maximum absolute atomic E-state index is 6.37. The SMILES string of the molecule is NC1(c2nc(Cc3cccs3)no2)CCCCC1. The van der Waals surface area contributed by atoms with Crippen LogP contribution in [-0.4, -0.2) is 10.1 Å². The molecule has 1 fully saturated rings. The molecule has 1 saturated carbocycles. The predicted octanol–water partition coefficient (Wildman–Crippen LogP) is 2.84. The van der Waals surface area contributed by atoms with E-state index in [0.717, 1.165) is 37.9 Å². The first-order valence-electron chi connectivity index (χ1n) is 6.41. The van der Waals surface area contributed by atoms with E-state index in [0.29, 0.717) is 5.89 Å². The van der Waals surface area contributed by atoms with E-state index in [1.165, 1.54) is 11.3 Å². The molecule has 1 aliphatic rings. The lowest BCUT2D eigenvalue weighted by atomic mass is 9.82. The van der Waals surface area contributed by atoms with Crippen molar-refractivity contribution in [3.63, 3.8) is 0 Å². The van der Waals surface area contributed by atoms with E-state index in [1.807, 2.05) is 6.07 Å². The molecule has 0 bridgehead atoms. The molecule has 4 nitrogen and oxygen atoms in total. The third-order valence-corrected chi connectivity index (χ3v) is 4.43. The highest BCUT2D eigenvalue weighted by Gasteiger charge is 2.35. The van der Waals surface area contributed by atoms with Crippen molar-refractivity contribution in [3.05, 3.63) is 34.1 Å². The molecule has 2 aromatic heterocycles. The summed E-state index contributed by atoms with van der Waals surface area (Å²) in [4.78, 5) is 5.73. The molecule has 0 unspecified atom stereocenters. The predicted molar refractivity (Wildman–Crippen MR) is 70.4 cm³/mol. The number of thiophene rings is 1. The van der Waals surface area contributed by atoms with Gasteiger partial charge in [0, 0.05) is 11.3 Å². The van der Waals surface area contributed by atoms with Gasteiger partial charge in [0.25, 0.3) is 0 Å². The van der Waals surface area contributed by atoms with E-state index in [2.05, 4.69) is 21.6 Å². The Hall–Kier alpha value is -1.20. The molecule has 2 aromatic rings. The van der Waals surface area contributed by atoms with E-state index < -0.39 is 0 Å². The molecule has 3 rings (SSSR count). The molecule has 96 valence electrons. The Kier molecular flexibility index (Phi) is 3.18. The highest BCUT2D eigenvalue weighted by atomic mass is 32.1. The van der Waals surface area contributed by atoms with Crippen LogP contribution in [0.1, 0.15) is 48.7 Å². The van der Waals surface area contributed by atoms with E-state index in [1.54, 1.807) is 11.3 Å². The van der Waals surface area contributed by atoms with Crippen molar-refractivity contribution in [3.8, 4) is 0 Å². The Morgan fingerprint density at radius 2 is 2.17 bits per heavy atom. The molecule has 0 aromatic carbocycles. The number of hydrogen-bond acceptors (Lipinski definition) is 5. The van der Waals surface area contributed by atoms with Crippen LogP contribution in [0.25, 0.3) is 0 Å². The van der Waals surface area contributed by atoms with Crippen LogP contribution in [0.15, 0.2) is 22.0 Å². The van der Waals surface area contributed by atoms with Gasteiger partial charge in [-0.3, -0.25) is 0 Å². The number of aromatic nitrogens is 2. The van der Waals surface area contributed by atoms with Gasteiger partial charge in [-0.25, -0.2) is 0 Å². The van der Waals surface area contributed by atoms with E-state index in [9.17, 15) is 0 Å². The second-order valence-corrected chi connectivity index (χ2v) is 6.02. The summed E-state index contributed by atoms with van der Waals surface area (Å²) in [5, 5.41) is 6.11. The Labute approximate surface area is 110 Å². The Morgan fingerprint density at radius 3 is 2.89 bits per heavy atom. The summed E-state index contributed by atoms with van der Waals surface area (Å²) in [7, 11) is 0. The van der Waals surface area contributed by atoms with Crippen molar-refractivity contribution < 1.29 is 4.52 Å². The zero-order valence-electron chi connectivity index (χ0n) is 10.3. The molecule has 2 N–H and O–H groups in total. The fourth-order valence-corrected chi connectivity index (χ4v) is 3.20. The van der Waals surface area contributed by atoms with Gasteiger partial charge in [-0.15, -0.1) is 11.3 Å². The standard InChI is InChI=1S/C13H17N3OS/c14-13(6-2-1-3-7-13)12-15-11(16-17-12)9-10-5-4-8-18-10/h4-5,8H,1-3,6-7,9,14H2. The average molecular weight is 263 g/mol. The number of hydrogen-bond donors (Lipinski definition) is 1. The molecular weight excluding hydrogens is 246 g/mol. The summed E-state index contributed by atoms with van der Waals surface area (Å²) in [6.45, 7) is 0. The molecule has 0 aliphatic heterocycles. The molecule has 5 heteroatoms. The fraction of sp³-hybridized carbons (Fsp3) is 0.538. The second kappa shape index (κ2) is 4.82. The van der Waals surface area contributed by atoms with Crippen LogP contribution in [0.3, 0.4) is 0 Å². The third kappa shape index (κ3) is 2.33. The van der Waals surface area contributed by atoms with Gasteiger partial charge in [-0.2, -0.15) is 4.98 Å². The van der Waals surface area contributed by atoms with Crippen LogP contribution in [0, 0.1) is 0 Å². The molecular formula is C13H17N3OS. The van der Waals surface area contributed by atoms with Crippen LogP contribution in [0.5, 0.6) is 0 Å². The van der Waals surface area contributed by atoms with Gasteiger partial charge in [0.1, 0.15) is 0 Å². The number of nitrogens with zero attached hydrogens (tertiary/aromatic N) is 2. The summed E-state index contributed by atoms with van der Waals surface area (Å²) in [5.74, 6) is 1.36. The normalized spacial score (nSPS) is 18.9. The third-order valence-electron chi connectivity index (χ3n) is 3.55. The number of rotatable bonds is 3. The van der Waals surface area contributed by atoms with Gasteiger partial charge in [-0.05, 0) is 24.3 Å². The summed E-state index contributed by atoms with van der Waals surface area (Å²) in [5.41, 5.74) is 5.98. The average Bonchev–Trinajstić information content (AvgIpc) is 3.02. The number of nitrogens with two attached hydrogens (primary N) is 1. The van der Waals surface area contributed by atoms with Crippen molar-refractivity contribution in [2.24, 2.45) is 5.73 Å². The first kappa shape index (κ1) is 11.9. The first-order chi connectivity index (χ1) is 8.76. The van der Waals surface area contributed by atoms with Crippen molar-refractivity contribution >= 4 is 11.3 Å². The van der Waals surface area contributed by atoms with Crippen molar-refractivity contribution in [1.82, 2.24) is 10.1 Å². The van der Waals surface area contributed by atoms with Crippen molar-refractivity contribution in [2.75, 3.05) is 0 Å². The lowest BCUT2D eigenvalue weighted by Gasteiger charge is -2.29. The van der Waals surface area contributed by atoms with E-state index in [-0.39, 0.29) is 5.54 Å². The van der Waals surface area contributed by atoms with Gasteiger partial charge in [0.05, 0.1) is 5.54 Å². The summed E-state index contributed by atoms with van der Waals surface area (Å²) in [6.07, 6.45) is 6.20. The van der Waals surface area contributed by atoms with Gasteiger partial charge in [-0.1, -0.05) is 30.5 Å². The molecule has 0 spiro atoms. The highest BCUT2D eigenvalue weighted by molar-refractivity contribution is 7.09. The minimum absolute atomic E-state index is 0.390. The Bertz CT molecular complexity index is 500. The van der Waals surface area contributed by atoms with Gasteiger partial charge in [0.2, 0.25) is 5.89 Å². The van der Waals surface area contributed by atoms with Crippen LogP contribution in [-0.2, 0) is 12.0 Å². The van der Waals surface area contributed by atoms with Gasteiger partial charge >= 0.3 is 0 Å². The van der Waals surface area contributed by atoms with Gasteiger partial charge in [0.15, 0.2) is 5.82 Å². The maximum Gasteiger partial charge on any atom is 0.246 e. The molecule has 1 aliphatic carbocycles. The summed E-state index contributed by atoms with van der Waals surface area (Å²) >= 11 is 1.71. The molecule has 0 amide bonds. The quantitative estimate of drug-likeness (QED) is 0.924. The highest BCUT2D eigenvalue weighted by Crippen LogP contribution is 2.33. The largest absolute Gasteiger partial charge is 0.337 e. The lowest BCUT2D eigenvalue weighted by molar-refractivity contribution is 0.219. The minimum atomic E-state index is -0.390. The molecule has 2 heterocycles.